The van der Waals surface area contributed by atoms with Crippen LogP contribution in [0.1, 0.15) is 28.4 Å². The Balaban J connectivity index is 2.33. The van der Waals surface area contributed by atoms with Gasteiger partial charge in [-0.3, -0.25) is 4.79 Å². The highest BCUT2D eigenvalue weighted by Gasteiger charge is 2.16. The number of carbonyl (C=O) groups is 2. The smallest absolute Gasteiger partial charge is 0.352 e. The number of carboxylic acids is 1. The van der Waals surface area contributed by atoms with Crippen LogP contribution >= 0.6 is 0 Å². The van der Waals surface area contributed by atoms with Crippen molar-refractivity contribution in [3.8, 4) is 0 Å². The van der Waals surface area contributed by atoms with Gasteiger partial charge in [-0.05, 0) is 37.1 Å². The van der Waals surface area contributed by atoms with E-state index in [1.165, 1.54) is 0 Å². The summed E-state index contributed by atoms with van der Waals surface area (Å²) in [6.07, 6.45) is 0. The Morgan fingerprint density at radius 2 is 1.50 bits per heavy atom. The van der Waals surface area contributed by atoms with E-state index < -0.39 is 11.9 Å². The van der Waals surface area contributed by atoms with Crippen molar-refractivity contribution < 1.29 is 14.7 Å². The summed E-state index contributed by atoms with van der Waals surface area (Å²) in [6.45, 7) is 3.64. The van der Waals surface area contributed by atoms with Crippen LogP contribution in [0.25, 0.3) is 5.57 Å². The molecule has 0 fully saturated rings. The second-order valence-electron chi connectivity index (χ2n) is 4.99. The molecule has 0 heterocycles. The maximum Gasteiger partial charge on any atom is 0.352 e. The first kappa shape index (κ1) is 15.5. The molecule has 2 rings (SSSR count). The number of hydrogen-bond donors (Lipinski definition) is 2. The number of aryl methyl sites for hydroxylation is 1. The third kappa shape index (κ3) is 3.61. The van der Waals surface area contributed by atoms with Crippen LogP contribution in [0, 0.1) is 6.92 Å². The van der Waals surface area contributed by atoms with E-state index in [9.17, 15) is 14.7 Å². The fourth-order valence-electron chi connectivity index (χ4n) is 2.03. The van der Waals surface area contributed by atoms with Crippen LogP contribution in [0.3, 0.4) is 0 Å². The summed E-state index contributed by atoms with van der Waals surface area (Å²) in [5, 5.41) is 11.9. The highest BCUT2D eigenvalue weighted by atomic mass is 16.4. The maximum atomic E-state index is 12.1. The Bertz CT molecular complexity index is 716. The first-order valence-electron chi connectivity index (χ1n) is 6.86. The van der Waals surface area contributed by atoms with E-state index in [1.807, 2.05) is 31.2 Å². The largest absolute Gasteiger partial charge is 0.477 e. The fourth-order valence-corrected chi connectivity index (χ4v) is 2.03. The van der Waals surface area contributed by atoms with E-state index in [2.05, 4.69) is 5.32 Å². The zero-order chi connectivity index (χ0) is 16.1. The van der Waals surface area contributed by atoms with Crippen LogP contribution in [0.4, 0.5) is 0 Å². The summed E-state index contributed by atoms with van der Waals surface area (Å²) in [6, 6.07) is 16.0. The van der Waals surface area contributed by atoms with Gasteiger partial charge in [-0.2, -0.15) is 0 Å². The van der Waals surface area contributed by atoms with Crippen molar-refractivity contribution in [2.24, 2.45) is 0 Å². The van der Waals surface area contributed by atoms with Crippen molar-refractivity contribution in [3.63, 3.8) is 0 Å². The topological polar surface area (TPSA) is 66.4 Å². The number of carbonyl (C=O) groups excluding carboxylic acids is 1. The average molecular weight is 295 g/mol. The molecule has 0 saturated carbocycles. The van der Waals surface area contributed by atoms with Crippen LogP contribution < -0.4 is 5.32 Å². The van der Waals surface area contributed by atoms with Crippen LogP contribution in [0.15, 0.2) is 60.3 Å². The quantitative estimate of drug-likeness (QED) is 0.851. The summed E-state index contributed by atoms with van der Waals surface area (Å²) < 4.78 is 0. The summed E-state index contributed by atoms with van der Waals surface area (Å²) >= 11 is 0. The molecule has 2 aromatic rings. The van der Waals surface area contributed by atoms with E-state index in [0.717, 1.165) is 11.1 Å². The van der Waals surface area contributed by atoms with Gasteiger partial charge >= 0.3 is 5.97 Å². The molecule has 0 aliphatic heterocycles. The lowest BCUT2D eigenvalue weighted by Gasteiger charge is -2.11. The lowest BCUT2D eigenvalue weighted by Crippen LogP contribution is -2.28. The van der Waals surface area contributed by atoms with Gasteiger partial charge in [0.05, 0.1) is 0 Å². The second kappa shape index (κ2) is 6.72. The van der Waals surface area contributed by atoms with Crippen molar-refractivity contribution in [1.29, 1.82) is 0 Å². The van der Waals surface area contributed by atoms with Crippen molar-refractivity contribution in [2.45, 2.75) is 13.8 Å². The lowest BCUT2D eigenvalue weighted by molar-refractivity contribution is -0.132. The third-order valence-electron chi connectivity index (χ3n) is 3.35. The molecule has 0 aliphatic rings. The van der Waals surface area contributed by atoms with Gasteiger partial charge in [-0.15, -0.1) is 0 Å². The molecular weight excluding hydrogens is 278 g/mol. The SMILES string of the molecule is CC(=C(NC(=O)c1ccccc1)C(=O)O)c1ccc(C)cc1. The highest BCUT2D eigenvalue weighted by Crippen LogP contribution is 2.18. The predicted molar refractivity (Wildman–Crippen MR) is 85.3 cm³/mol. The van der Waals surface area contributed by atoms with Crippen LogP contribution in [0.2, 0.25) is 0 Å². The minimum atomic E-state index is -1.16. The van der Waals surface area contributed by atoms with Gasteiger partial charge in [0, 0.05) is 5.56 Å². The number of rotatable bonds is 4. The molecule has 1 amide bonds. The van der Waals surface area contributed by atoms with E-state index in [4.69, 9.17) is 0 Å². The van der Waals surface area contributed by atoms with Gasteiger partial charge in [0.1, 0.15) is 5.70 Å². The van der Waals surface area contributed by atoms with E-state index in [-0.39, 0.29) is 5.70 Å². The maximum absolute atomic E-state index is 12.1. The minimum Gasteiger partial charge on any atom is -0.477 e. The molecule has 0 radical (unpaired) electrons. The number of hydrogen-bond acceptors (Lipinski definition) is 2. The molecule has 0 aliphatic carbocycles. The third-order valence-corrected chi connectivity index (χ3v) is 3.35. The Morgan fingerprint density at radius 1 is 0.909 bits per heavy atom. The van der Waals surface area contributed by atoms with Gasteiger partial charge in [0.2, 0.25) is 0 Å². The van der Waals surface area contributed by atoms with Crippen LogP contribution in [-0.2, 0) is 4.79 Å². The molecule has 0 atom stereocenters. The van der Waals surface area contributed by atoms with Crippen molar-refractivity contribution in [3.05, 3.63) is 77.0 Å². The average Bonchev–Trinajstić information content (AvgIpc) is 2.53. The second-order valence-corrected chi connectivity index (χ2v) is 4.99. The first-order valence-corrected chi connectivity index (χ1v) is 6.86. The lowest BCUT2D eigenvalue weighted by atomic mass is 10.0. The standard InChI is InChI=1S/C18H17NO3/c1-12-8-10-14(11-9-12)13(2)16(18(21)22)19-17(20)15-6-4-3-5-7-15/h3-11H,1-2H3,(H,19,20)(H,21,22). The highest BCUT2D eigenvalue weighted by molar-refractivity contribution is 6.04. The monoisotopic (exact) mass is 295 g/mol. The van der Waals surface area contributed by atoms with Gasteiger partial charge < -0.3 is 10.4 Å². The number of carboxylic acid groups (broad SMARTS) is 1. The molecule has 4 nitrogen and oxygen atoms in total. The zero-order valence-electron chi connectivity index (χ0n) is 12.5. The molecule has 22 heavy (non-hydrogen) atoms. The summed E-state index contributed by atoms with van der Waals surface area (Å²) in [5.41, 5.74) is 2.66. The fraction of sp³-hybridized carbons (Fsp3) is 0.111. The van der Waals surface area contributed by atoms with E-state index >= 15 is 0 Å². The predicted octanol–water partition coefficient (Wildman–Crippen LogP) is 3.24. The number of allylic oxidation sites excluding steroid dienone is 1. The summed E-state index contributed by atoms with van der Waals surface area (Å²) in [4.78, 5) is 23.6. The van der Waals surface area contributed by atoms with Crippen LogP contribution in [0.5, 0.6) is 0 Å². The number of benzene rings is 2. The van der Waals surface area contributed by atoms with E-state index in [0.29, 0.717) is 11.1 Å². The molecule has 2 aromatic carbocycles. The number of aliphatic carboxylic acids is 1. The minimum absolute atomic E-state index is 0.113. The molecule has 0 aromatic heterocycles. The molecule has 0 saturated heterocycles. The van der Waals surface area contributed by atoms with Gasteiger partial charge in [0.15, 0.2) is 0 Å². The van der Waals surface area contributed by atoms with Crippen molar-refractivity contribution >= 4 is 17.4 Å². The molecule has 0 spiro atoms. The number of amides is 1. The van der Waals surface area contributed by atoms with Crippen molar-refractivity contribution in [1.82, 2.24) is 5.32 Å². The molecule has 4 heteroatoms. The van der Waals surface area contributed by atoms with Crippen LogP contribution in [-0.4, -0.2) is 17.0 Å². The normalized spacial score (nSPS) is 11.5. The van der Waals surface area contributed by atoms with Gasteiger partial charge in [0.25, 0.3) is 5.91 Å². The Kier molecular flexibility index (Phi) is 4.73. The Hall–Kier alpha value is -2.88. The zero-order valence-corrected chi connectivity index (χ0v) is 12.5. The summed E-state index contributed by atoms with van der Waals surface area (Å²) in [5.74, 6) is -1.60. The molecule has 0 unspecified atom stereocenters. The molecule has 2 N–H and O–H groups in total. The summed E-state index contributed by atoms with van der Waals surface area (Å²) in [7, 11) is 0. The van der Waals surface area contributed by atoms with E-state index in [1.54, 1.807) is 37.3 Å². The van der Waals surface area contributed by atoms with Gasteiger partial charge in [-0.25, -0.2) is 4.79 Å². The Labute approximate surface area is 129 Å². The molecule has 112 valence electrons. The number of nitrogens with one attached hydrogen (secondary N) is 1. The Morgan fingerprint density at radius 3 is 2.05 bits per heavy atom. The molecular formula is C18H17NO3. The van der Waals surface area contributed by atoms with Crippen molar-refractivity contribution in [2.75, 3.05) is 0 Å². The first-order chi connectivity index (χ1) is 10.5. The van der Waals surface area contributed by atoms with Gasteiger partial charge in [-0.1, -0.05) is 48.0 Å². The molecule has 0 bridgehead atoms.